The summed E-state index contributed by atoms with van der Waals surface area (Å²) >= 11 is 3.28. The molecule has 0 heterocycles. The molecule has 0 aliphatic carbocycles. The first-order chi connectivity index (χ1) is 3.91. The lowest BCUT2D eigenvalue weighted by Gasteiger charge is -1.87. The summed E-state index contributed by atoms with van der Waals surface area (Å²) in [6.45, 7) is 0. The van der Waals surface area contributed by atoms with Gasteiger partial charge in [-0.05, 0) is 19.3 Å². The molecular weight excluding hydrogens is 171 g/mol. The number of rotatable bonds is 4. The zero-order chi connectivity index (χ0) is 6.24. The van der Waals surface area contributed by atoms with E-state index in [2.05, 4.69) is 15.9 Å². The molecule has 0 radical (unpaired) electrons. The Balaban J connectivity index is 2.72. The number of unbranched alkanes of at least 4 members (excludes halogenated alkanes) is 2. The summed E-state index contributed by atoms with van der Waals surface area (Å²) in [7, 11) is 0. The fraction of sp³-hybridized carbons (Fsp3) is 0.667. The number of hydrogen-bond acceptors (Lipinski definition) is 0. The quantitative estimate of drug-likeness (QED) is 0.461. The van der Waals surface area contributed by atoms with Gasteiger partial charge in [0, 0.05) is 5.33 Å². The maximum absolute atomic E-state index is 11.2. The largest absolute Gasteiger partial charge is 0.216 e. The minimum atomic E-state index is 0.605. The summed E-state index contributed by atoms with van der Waals surface area (Å²) in [5.41, 5.74) is 0. The molecular formula is C6H10BrF. The van der Waals surface area contributed by atoms with Crippen LogP contribution in [0.3, 0.4) is 0 Å². The molecule has 0 atom stereocenters. The molecule has 0 aliphatic rings. The standard InChI is InChI=1S/C6H10BrF/c7-5-3-1-2-4-6-8/h4,6H,1-3,5H2/b6-4+. The molecule has 0 aliphatic heterocycles. The highest BCUT2D eigenvalue weighted by atomic mass is 79.9. The number of alkyl halides is 1. The van der Waals surface area contributed by atoms with Gasteiger partial charge in [-0.1, -0.05) is 22.0 Å². The molecule has 0 fully saturated rings. The Bertz CT molecular complexity index is 61.5. The summed E-state index contributed by atoms with van der Waals surface area (Å²) in [6.07, 6.45) is 5.22. The van der Waals surface area contributed by atoms with Crippen molar-refractivity contribution in [3.63, 3.8) is 0 Å². The summed E-state index contributed by atoms with van der Waals surface area (Å²) in [6, 6.07) is 0. The monoisotopic (exact) mass is 180 g/mol. The Morgan fingerprint density at radius 2 is 2.12 bits per heavy atom. The SMILES string of the molecule is F/C=C/CCCCBr. The van der Waals surface area contributed by atoms with Crippen LogP contribution >= 0.6 is 15.9 Å². The Kier molecular flexibility index (Phi) is 7.28. The van der Waals surface area contributed by atoms with Crippen LogP contribution in [0.2, 0.25) is 0 Å². The normalized spacial score (nSPS) is 10.8. The Labute approximate surface area is 57.9 Å². The third kappa shape index (κ3) is 6.15. The summed E-state index contributed by atoms with van der Waals surface area (Å²) in [5, 5.41) is 1.02. The van der Waals surface area contributed by atoms with Crippen molar-refractivity contribution in [3.8, 4) is 0 Å². The second kappa shape index (κ2) is 7.15. The van der Waals surface area contributed by atoms with Crippen molar-refractivity contribution in [2.45, 2.75) is 19.3 Å². The van der Waals surface area contributed by atoms with E-state index in [1.165, 1.54) is 0 Å². The highest BCUT2D eigenvalue weighted by Gasteiger charge is 1.80. The highest BCUT2D eigenvalue weighted by Crippen LogP contribution is 1.98. The topological polar surface area (TPSA) is 0 Å². The van der Waals surface area contributed by atoms with Crippen LogP contribution < -0.4 is 0 Å². The van der Waals surface area contributed by atoms with Crippen LogP contribution in [0.4, 0.5) is 4.39 Å². The Morgan fingerprint density at radius 1 is 1.38 bits per heavy atom. The zero-order valence-electron chi connectivity index (χ0n) is 4.74. The second-order valence-electron chi connectivity index (χ2n) is 1.55. The van der Waals surface area contributed by atoms with Gasteiger partial charge in [0.25, 0.3) is 0 Å². The van der Waals surface area contributed by atoms with Gasteiger partial charge in [0.1, 0.15) is 0 Å². The summed E-state index contributed by atoms with van der Waals surface area (Å²) in [4.78, 5) is 0. The molecule has 0 saturated heterocycles. The molecule has 0 nitrogen and oxygen atoms in total. The maximum Gasteiger partial charge on any atom is 0.0827 e. The van der Waals surface area contributed by atoms with Crippen molar-refractivity contribution in [1.29, 1.82) is 0 Å². The molecule has 0 amide bonds. The molecule has 8 heavy (non-hydrogen) atoms. The molecule has 0 rings (SSSR count). The third-order valence-electron chi connectivity index (χ3n) is 0.844. The molecule has 0 saturated carbocycles. The van der Waals surface area contributed by atoms with Gasteiger partial charge in [0.05, 0.1) is 6.33 Å². The van der Waals surface area contributed by atoms with E-state index in [1.54, 1.807) is 6.08 Å². The van der Waals surface area contributed by atoms with Crippen molar-refractivity contribution >= 4 is 15.9 Å². The molecule has 2 heteroatoms. The lowest BCUT2D eigenvalue weighted by molar-refractivity contribution is 0.706. The van der Waals surface area contributed by atoms with Gasteiger partial charge in [0.2, 0.25) is 0 Å². The van der Waals surface area contributed by atoms with E-state index >= 15 is 0 Å². The minimum Gasteiger partial charge on any atom is -0.216 e. The highest BCUT2D eigenvalue weighted by molar-refractivity contribution is 9.09. The van der Waals surface area contributed by atoms with E-state index in [4.69, 9.17) is 0 Å². The van der Waals surface area contributed by atoms with Crippen LogP contribution in [-0.2, 0) is 0 Å². The average molecular weight is 181 g/mol. The van der Waals surface area contributed by atoms with Crippen molar-refractivity contribution in [3.05, 3.63) is 12.4 Å². The van der Waals surface area contributed by atoms with Crippen molar-refractivity contribution in [1.82, 2.24) is 0 Å². The van der Waals surface area contributed by atoms with Gasteiger partial charge in [-0.2, -0.15) is 0 Å². The number of halogens is 2. The van der Waals surface area contributed by atoms with Gasteiger partial charge in [0.15, 0.2) is 0 Å². The molecule has 0 bridgehead atoms. The number of allylic oxidation sites excluding steroid dienone is 1. The lowest BCUT2D eigenvalue weighted by atomic mass is 10.2. The smallest absolute Gasteiger partial charge is 0.0827 e. The van der Waals surface area contributed by atoms with Crippen molar-refractivity contribution < 1.29 is 4.39 Å². The molecule has 0 spiro atoms. The van der Waals surface area contributed by atoms with E-state index in [-0.39, 0.29) is 0 Å². The third-order valence-corrected chi connectivity index (χ3v) is 1.40. The molecule has 0 aromatic carbocycles. The lowest BCUT2D eigenvalue weighted by Crippen LogP contribution is -1.72. The zero-order valence-corrected chi connectivity index (χ0v) is 6.33. The van der Waals surface area contributed by atoms with E-state index in [0.717, 1.165) is 24.6 Å². The minimum absolute atomic E-state index is 0.605. The summed E-state index contributed by atoms with van der Waals surface area (Å²) in [5.74, 6) is 0. The van der Waals surface area contributed by atoms with Gasteiger partial charge in [-0.15, -0.1) is 0 Å². The van der Waals surface area contributed by atoms with E-state index in [9.17, 15) is 4.39 Å². The maximum atomic E-state index is 11.2. The van der Waals surface area contributed by atoms with Crippen molar-refractivity contribution in [2.24, 2.45) is 0 Å². The molecule has 48 valence electrons. The Hall–Kier alpha value is 0.150. The van der Waals surface area contributed by atoms with Gasteiger partial charge >= 0.3 is 0 Å². The molecule has 0 aromatic heterocycles. The van der Waals surface area contributed by atoms with Gasteiger partial charge in [-0.25, -0.2) is 4.39 Å². The fourth-order valence-corrected chi connectivity index (χ4v) is 0.816. The fourth-order valence-electron chi connectivity index (χ4n) is 0.420. The van der Waals surface area contributed by atoms with Gasteiger partial charge in [-0.3, -0.25) is 0 Å². The average Bonchev–Trinajstić information content (AvgIpc) is 1.81. The van der Waals surface area contributed by atoms with Crippen molar-refractivity contribution in [2.75, 3.05) is 5.33 Å². The second-order valence-corrected chi connectivity index (χ2v) is 2.34. The van der Waals surface area contributed by atoms with Gasteiger partial charge < -0.3 is 0 Å². The first-order valence-electron chi connectivity index (χ1n) is 2.73. The van der Waals surface area contributed by atoms with Crippen LogP contribution in [0.25, 0.3) is 0 Å². The first-order valence-corrected chi connectivity index (χ1v) is 3.85. The molecule has 0 unspecified atom stereocenters. The van der Waals surface area contributed by atoms with Crippen LogP contribution in [0.1, 0.15) is 19.3 Å². The van der Waals surface area contributed by atoms with Crippen LogP contribution in [0, 0.1) is 0 Å². The molecule has 0 N–H and O–H groups in total. The Morgan fingerprint density at radius 3 is 2.62 bits per heavy atom. The number of hydrogen-bond donors (Lipinski definition) is 0. The summed E-state index contributed by atoms with van der Waals surface area (Å²) < 4.78 is 11.2. The first kappa shape index (κ1) is 8.15. The predicted molar refractivity (Wildman–Crippen MR) is 37.9 cm³/mol. The van der Waals surface area contributed by atoms with Crippen LogP contribution in [0.5, 0.6) is 0 Å². The molecule has 0 aromatic rings. The van der Waals surface area contributed by atoms with Crippen LogP contribution in [-0.4, -0.2) is 5.33 Å². The van der Waals surface area contributed by atoms with E-state index < -0.39 is 0 Å². The predicted octanol–water partition coefficient (Wildman–Crippen LogP) is 3.03. The van der Waals surface area contributed by atoms with E-state index in [1.807, 2.05) is 0 Å². The van der Waals surface area contributed by atoms with Crippen LogP contribution in [0.15, 0.2) is 12.4 Å². The van der Waals surface area contributed by atoms with E-state index in [0.29, 0.717) is 6.33 Å².